The molecule has 1 N–H and O–H groups in total. The van der Waals surface area contributed by atoms with E-state index in [0.717, 1.165) is 32.1 Å². The monoisotopic (exact) mass is 608 g/mol. The molecule has 5 atom stereocenters. The first kappa shape index (κ1) is 34.2. The zero-order valence-corrected chi connectivity index (χ0v) is 27.4. The second kappa shape index (κ2) is 14.0. The van der Waals surface area contributed by atoms with Crippen LogP contribution in [0.15, 0.2) is 35.2 Å². The number of sulfone groups is 1. The summed E-state index contributed by atoms with van der Waals surface area (Å²) in [6.07, 6.45) is 3.40. The van der Waals surface area contributed by atoms with Gasteiger partial charge in [0.25, 0.3) is 0 Å². The van der Waals surface area contributed by atoms with Crippen LogP contribution in [0.4, 0.5) is 9.59 Å². The van der Waals surface area contributed by atoms with E-state index >= 15 is 0 Å². The van der Waals surface area contributed by atoms with Crippen molar-refractivity contribution in [2.75, 3.05) is 13.1 Å². The quantitative estimate of drug-likeness (QED) is 0.375. The summed E-state index contributed by atoms with van der Waals surface area (Å²) in [6, 6.07) is 7.70. The number of hydrogen-bond donors (Lipinski definition) is 1. The van der Waals surface area contributed by atoms with Crippen molar-refractivity contribution >= 4 is 22.0 Å². The van der Waals surface area contributed by atoms with Crippen molar-refractivity contribution in [2.45, 2.75) is 139 Å². The summed E-state index contributed by atoms with van der Waals surface area (Å²) >= 11 is 0. The maximum absolute atomic E-state index is 14.1. The van der Waals surface area contributed by atoms with Gasteiger partial charge < -0.3 is 24.4 Å². The number of hydrogen-bond acceptors (Lipinski definition) is 7. The molecule has 2 saturated heterocycles. The molecule has 2 aliphatic rings. The first-order chi connectivity index (χ1) is 19.5. The number of aliphatic hydroxyl groups is 1. The molecule has 2 fully saturated rings. The SMILES string of the molecule is C[C@@H](C[C@@H]1CCCCN1C(=O)OC(C)(C)C)C([C@@H](O)C[C@@H]1CCCCN1C(=O)OC(C)(C)C)S(=O)(=O)c1ccccc1. The van der Waals surface area contributed by atoms with Crippen LogP contribution >= 0.6 is 0 Å². The molecule has 2 amide bonds. The topological polar surface area (TPSA) is 113 Å². The van der Waals surface area contributed by atoms with E-state index in [1.165, 1.54) is 0 Å². The van der Waals surface area contributed by atoms with Crippen molar-refractivity contribution < 1.29 is 32.6 Å². The Balaban J connectivity index is 1.89. The molecule has 0 saturated carbocycles. The number of benzene rings is 1. The summed E-state index contributed by atoms with van der Waals surface area (Å²) in [5, 5.41) is 10.6. The van der Waals surface area contributed by atoms with Crippen LogP contribution in [0.25, 0.3) is 0 Å². The Kier molecular flexibility index (Phi) is 11.4. The Hall–Kier alpha value is -2.33. The number of amides is 2. The maximum Gasteiger partial charge on any atom is 0.410 e. The third-order valence-electron chi connectivity index (χ3n) is 8.04. The number of carbonyl (C=O) groups excluding carboxylic acids is 2. The fraction of sp³-hybridized carbons (Fsp3) is 0.750. The molecular weight excluding hydrogens is 556 g/mol. The zero-order chi connectivity index (χ0) is 31.3. The van der Waals surface area contributed by atoms with Crippen molar-refractivity contribution in [3.05, 3.63) is 30.3 Å². The van der Waals surface area contributed by atoms with Crippen molar-refractivity contribution in [2.24, 2.45) is 5.92 Å². The van der Waals surface area contributed by atoms with E-state index in [9.17, 15) is 23.1 Å². The highest BCUT2D eigenvalue weighted by Crippen LogP contribution is 2.34. The van der Waals surface area contributed by atoms with Gasteiger partial charge in [-0.1, -0.05) is 25.1 Å². The molecule has 0 aromatic heterocycles. The normalized spacial score (nSPS) is 22.7. The Bertz CT molecular complexity index is 1090. The van der Waals surface area contributed by atoms with Gasteiger partial charge in [0.15, 0.2) is 9.84 Å². The molecular formula is C32H52N2O7S. The van der Waals surface area contributed by atoms with Gasteiger partial charge >= 0.3 is 12.2 Å². The van der Waals surface area contributed by atoms with Crippen LogP contribution in [0.2, 0.25) is 0 Å². The van der Waals surface area contributed by atoms with Gasteiger partial charge in [0.1, 0.15) is 11.2 Å². The largest absolute Gasteiger partial charge is 0.444 e. The molecule has 2 heterocycles. The second-order valence-electron chi connectivity index (χ2n) is 14.0. The summed E-state index contributed by atoms with van der Waals surface area (Å²) < 4.78 is 39.6. The van der Waals surface area contributed by atoms with Crippen LogP contribution in [0.5, 0.6) is 0 Å². The molecule has 1 aromatic carbocycles. The number of nitrogens with zero attached hydrogens (tertiary/aromatic N) is 2. The van der Waals surface area contributed by atoms with Gasteiger partial charge in [-0.2, -0.15) is 0 Å². The van der Waals surface area contributed by atoms with Gasteiger partial charge in [-0.3, -0.25) is 0 Å². The predicted molar refractivity (Wildman–Crippen MR) is 163 cm³/mol. The van der Waals surface area contributed by atoms with E-state index in [1.807, 2.05) is 48.5 Å². The number of carbonyl (C=O) groups is 2. The third kappa shape index (κ3) is 9.33. The van der Waals surface area contributed by atoms with Gasteiger partial charge in [0, 0.05) is 25.2 Å². The lowest BCUT2D eigenvalue weighted by Crippen LogP contribution is -2.51. The minimum absolute atomic E-state index is 0.126. The van der Waals surface area contributed by atoms with Crippen molar-refractivity contribution in [1.82, 2.24) is 9.80 Å². The van der Waals surface area contributed by atoms with Crippen LogP contribution in [0.1, 0.15) is 99.8 Å². The molecule has 0 spiro atoms. The molecule has 0 bridgehead atoms. The van der Waals surface area contributed by atoms with Crippen molar-refractivity contribution in [3.8, 4) is 0 Å². The van der Waals surface area contributed by atoms with Gasteiger partial charge in [-0.05, 0) is 111 Å². The fourth-order valence-electron chi connectivity index (χ4n) is 6.25. The molecule has 3 rings (SSSR count). The number of rotatable bonds is 8. The number of piperidine rings is 2. The molecule has 42 heavy (non-hydrogen) atoms. The smallest absolute Gasteiger partial charge is 0.410 e. The standard InChI is InChI=1S/C32H52N2O7S/c1-23(21-24-15-11-13-19-33(24)29(36)40-31(2,3)4)28(42(38,39)26-17-9-8-10-18-26)27(35)22-25-16-12-14-20-34(25)30(37)41-32(5,6)7/h8-10,17-18,23-25,27-28,35H,11-16,19-22H2,1-7H3/t23-,24-,25-,27-,28?/m0/s1. The lowest BCUT2D eigenvalue weighted by Gasteiger charge is -2.41. The molecule has 1 unspecified atom stereocenters. The van der Waals surface area contributed by atoms with Gasteiger partial charge in [-0.15, -0.1) is 0 Å². The molecule has 9 nitrogen and oxygen atoms in total. The number of aliphatic hydroxyl groups excluding tert-OH is 1. The van der Waals surface area contributed by atoms with Crippen molar-refractivity contribution in [1.29, 1.82) is 0 Å². The Labute approximate surface area is 252 Å². The fourth-order valence-corrected chi connectivity index (χ4v) is 8.35. The highest BCUT2D eigenvalue weighted by molar-refractivity contribution is 7.92. The summed E-state index contributed by atoms with van der Waals surface area (Å²) in [5.74, 6) is -0.475. The highest BCUT2D eigenvalue weighted by Gasteiger charge is 2.43. The summed E-state index contributed by atoms with van der Waals surface area (Å²) in [7, 11) is -3.95. The van der Waals surface area contributed by atoms with E-state index in [0.29, 0.717) is 25.9 Å². The molecule has 1 aromatic rings. The first-order valence-corrected chi connectivity index (χ1v) is 17.0. The third-order valence-corrected chi connectivity index (χ3v) is 10.5. The highest BCUT2D eigenvalue weighted by atomic mass is 32.2. The van der Waals surface area contributed by atoms with Crippen LogP contribution in [0, 0.1) is 5.92 Å². The van der Waals surface area contributed by atoms with Gasteiger partial charge in [-0.25, -0.2) is 18.0 Å². The lowest BCUT2D eigenvalue weighted by molar-refractivity contribution is 0.000318. The average Bonchev–Trinajstić information content (AvgIpc) is 2.87. The Morgan fingerprint density at radius 2 is 1.29 bits per heavy atom. The molecule has 10 heteroatoms. The number of likely N-dealkylation sites (tertiary alicyclic amines) is 2. The Morgan fingerprint density at radius 3 is 1.74 bits per heavy atom. The van der Waals surface area contributed by atoms with Gasteiger partial charge in [0.05, 0.1) is 16.2 Å². The van der Waals surface area contributed by atoms with Gasteiger partial charge in [0.2, 0.25) is 0 Å². The van der Waals surface area contributed by atoms with Crippen molar-refractivity contribution in [3.63, 3.8) is 0 Å². The minimum Gasteiger partial charge on any atom is -0.444 e. The molecule has 0 aliphatic carbocycles. The predicted octanol–water partition coefficient (Wildman–Crippen LogP) is 6.19. The van der Waals surface area contributed by atoms with Crippen LogP contribution in [0.3, 0.4) is 0 Å². The van der Waals surface area contributed by atoms with E-state index in [1.54, 1.807) is 40.1 Å². The number of ether oxygens (including phenoxy) is 2. The zero-order valence-electron chi connectivity index (χ0n) is 26.5. The van der Waals surface area contributed by atoms with E-state index in [2.05, 4.69) is 0 Å². The molecule has 238 valence electrons. The van der Waals surface area contributed by atoms with E-state index in [-0.39, 0.29) is 23.4 Å². The summed E-state index contributed by atoms with van der Waals surface area (Å²) in [5.41, 5.74) is -1.30. The van der Waals surface area contributed by atoms with Crippen LogP contribution in [-0.4, -0.2) is 83.2 Å². The Morgan fingerprint density at radius 1 is 0.833 bits per heavy atom. The molecule has 2 aliphatic heterocycles. The average molecular weight is 609 g/mol. The van der Waals surface area contributed by atoms with E-state index in [4.69, 9.17) is 9.47 Å². The summed E-state index contributed by atoms with van der Waals surface area (Å²) in [6.45, 7) is 13.8. The first-order valence-electron chi connectivity index (χ1n) is 15.5. The van der Waals surface area contributed by atoms with E-state index < -0.39 is 50.5 Å². The molecule has 0 radical (unpaired) electrons. The second-order valence-corrected chi connectivity index (χ2v) is 16.1. The lowest BCUT2D eigenvalue weighted by atomic mass is 9.87. The maximum atomic E-state index is 14.1. The van der Waals surface area contributed by atoms with Crippen LogP contribution in [-0.2, 0) is 19.3 Å². The van der Waals surface area contributed by atoms with Crippen LogP contribution < -0.4 is 0 Å². The minimum atomic E-state index is -3.95. The summed E-state index contributed by atoms with van der Waals surface area (Å²) in [4.78, 5) is 29.7.